The second-order valence-corrected chi connectivity index (χ2v) is 6.53. The lowest BCUT2D eigenvalue weighted by Gasteiger charge is -2.32. The van der Waals surface area contributed by atoms with Gasteiger partial charge in [-0.25, -0.2) is 4.98 Å². The molecule has 3 heterocycles. The predicted molar refractivity (Wildman–Crippen MR) is 83.6 cm³/mol. The minimum Gasteiger partial charge on any atom is -0.340 e. The fourth-order valence-corrected chi connectivity index (χ4v) is 3.42. The first kappa shape index (κ1) is 13.6. The molecule has 1 saturated carbocycles. The molecule has 0 atom stereocenters. The Morgan fingerprint density at radius 1 is 1.18 bits per heavy atom. The lowest BCUT2D eigenvalue weighted by Crippen LogP contribution is -2.40. The summed E-state index contributed by atoms with van der Waals surface area (Å²) < 4.78 is 4.31. The van der Waals surface area contributed by atoms with Gasteiger partial charge in [-0.15, -0.1) is 0 Å². The van der Waals surface area contributed by atoms with E-state index in [4.69, 9.17) is 0 Å². The fraction of sp³-hybridized carbons (Fsp3) is 0.529. The molecule has 0 unspecified atom stereocenters. The van der Waals surface area contributed by atoms with Crippen LogP contribution in [0, 0.1) is 5.92 Å². The maximum absolute atomic E-state index is 12.7. The molecule has 116 valence electrons. The van der Waals surface area contributed by atoms with Gasteiger partial charge in [-0.2, -0.15) is 0 Å². The number of hydrogen-bond donors (Lipinski definition) is 0. The van der Waals surface area contributed by atoms with E-state index in [0.717, 1.165) is 38.2 Å². The number of carbonyl (C=O) groups excluding carboxylic acids is 1. The van der Waals surface area contributed by atoms with Crippen molar-refractivity contribution >= 4 is 5.91 Å². The Labute approximate surface area is 130 Å². The van der Waals surface area contributed by atoms with Gasteiger partial charge in [-0.1, -0.05) is 0 Å². The van der Waals surface area contributed by atoms with Gasteiger partial charge in [0, 0.05) is 44.3 Å². The molecule has 4 rings (SSSR count). The zero-order valence-corrected chi connectivity index (χ0v) is 12.8. The minimum atomic E-state index is 0.206. The molecular weight excluding hydrogens is 276 g/mol. The molecule has 2 aromatic heterocycles. The van der Waals surface area contributed by atoms with Crippen molar-refractivity contribution < 1.29 is 4.79 Å². The Hall–Kier alpha value is -2.04. The summed E-state index contributed by atoms with van der Waals surface area (Å²) in [4.78, 5) is 18.8. The van der Waals surface area contributed by atoms with E-state index in [-0.39, 0.29) is 5.91 Å². The highest BCUT2D eigenvalue weighted by Crippen LogP contribution is 2.36. The lowest BCUT2D eigenvalue weighted by atomic mass is 9.96. The molecule has 5 heteroatoms. The number of amides is 1. The second kappa shape index (κ2) is 5.63. The molecule has 0 radical (unpaired) electrons. The smallest absolute Gasteiger partial charge is 0.270 e. The van der Waals surface area contributed by atoms with Gasteiger partial charge in [-0.3, -0.25) is 4.79 Å². The van der Waals surface area contributed by atoms with Crippen LogP contribution in [0.3, 0.4) is 0 Å². The van der Waals surface area contributed by atoms with Gasteiger partial charge >= 0.3 is 0 Å². The molecular formula is C17H22N4O. The van der Waals surface area contributed by atoms with Crippen LogP contribution in [0.15, 0.2) is 37.1 Å². The standard InChI is InChI=1S/C17H22N4O/c22-17(16-2-1-8-21(16)15-3-4-15)20-9-5-14(6-10-20)12-19-11-7-18-13-19/h1-2,7-8,11,13-15H,3-6,9-10,12H2. The van der Waals surface area contributed by atoms with Crippen LogP contribution in [0.5, 0.6) is 0 Å². The number of hydrogen-bond acceptors (Lipinski definition) is 2. The highest BCUT2D eigenvalue weighted by Gasteiger charge is 2.30. The molecule has 1 amide bonds. The number of nitrogens with zero attached hydrogens (tertiary/aromatic N) is 4. The van der Waals surface area contributed by atoms with Crippen molar-refractivity contribution in [2.45, 2.75) is 38.3 Å². The molecule has 2 fully saturated rings. The van der Waals surface area contributed by atoms with Gasteiger partial charge in [-0.05, 0) is 43.7 Å². The third kappa shape index (κ3) is 2.67. The summed E-state index contributed by atoms with van der Waals surface area (Å²) in [6, 6.07) is 4.53. The largest absolute Gasteiger partial charge is 0.340 e. The molecule has 0 N–H and O–H groups in total. The molecule has 0 spiro atoms. The van der Waals surface area contributed by atoms with Gasteiger partial charge in [0.05, 0.1) is 6.33 Å². The van der Waals surface area contributed by atoms with E-state index in [9.17, 15) is 4.79 Å². The van der Waals surface area contributed by atoms with E-state index in [1.54, 1.807) is 0 Å². The molecule has 1 aliphatic carbocycles. The van der Waals surface area contributed by atoms with Gasteiger partial charge in [0.1, 0.15) is 5.69 Å². The molecule has 0 aromatic carbocycles. The summed E-state index contributed by atoms with van der Waals surface area (Å²) in [5.41, 5.74) is 0.871. The van der Waals surface area contributed by atoms with Crippen molar-refractivity contribution in [3.8, 4) is 0 Å². The molecule has 0 bridgehead atoms. The van der Waals surface area contributed by atoms with Gasteiger partial charge in [0.15, 0.2) is 0 Å². The zero-order valence-electron chi connectivity index (χ0n) is 12.8. The first-order valence-electron chi connectivity index (χ1n) is 8.23. The Kier molecular flexibility index (Phi) is 3.48. The van der Waals surface area contributed by atoms with Crippen LogP contribution >= 0.6 is 0 Å². The number of rotatable bonds is 4. The van der Waals surface area contributed by atoms with Crippen LogP contribution in [-0.4, -0.2) is 38.0 Å². The average molecular weight is 298 g/mol. The molecule has 22 heavy (non-hydrogen) atoms. The van der Waals surface area contributed by atoms with Crippen LogP contribution < -0.4 is 0 Å². The van der Waals surface area contributed by atoms with E-state index >= 15 is 0 Å². The normalized spacial score (nSPS) is 19.5. The maximum Gasteiger partial charge on any atom is 0.270 e. The monoisotopic (exact) mass is 298 g/mol. The van der Waals surface area contributed by atoms with E-state index in [2.05, 4.69) is 20.3 Å². The number of carbonyl (C=O) groups is 1. The molecule has 2 aliphatic rings. The maximum atomic E-state index is 12.7. The Balaban J connectivity index is 1.36. The first-order valence-corrected chi connectivity index (χ1v) is 8.23. The topological polar surface area (TPSA) is 43.1 Å². The summed E-state index contributed by atoms with van der Waals surface area (Å²) in [6.07, 6.45) is 12.3. The second-order valence-electron chi connectivity index (χ2n) is 6.53. The summed E-state index contributed by atoms with van der Waals surface area (Å²) in [5.74, 6) is 0.853. The third-order valence-electron chi connectivity index (χ3n) is 4.87. The van der Waals surface area contributed by atoms with Crippen LogP contribution in [0.25, 0.3) is 0 Å². The average Bonchev–Trinajstić information content (AvgIpc) is 3.06. The van der Waals surface area contributed by atoms with Crippen molar-refractivity contribution in [3.63, 3.8) is 0 Å². The molecule has 1 aliphatic heterocycles. The third-order valence-corrected chi connectivity index (χ3v) is 4.87. The summed E-state index contributed by atoms with van der Waals surface area (Å²) in [7, 11) is 0. The SMILES string of the molecule is O=C(c1cccn1C1CC1)N1CCC(Cn2ccnc2)CC1. The molecule has 5 nitrogen and oxygen atoms in total. The van der Waals surface area contributed by atoms with Crippen LogP contribution in [-0.2, 0) is 6.54 Å². The van der Waals surface area contributed by atoms with E-state index in [1.807, 2.05) is 35.8 Å². The molecule has 2 aromatic rings. The van der Waals surface area contributed by atoms with Crippen molar-refractivity contribution in [3.05, 3.63) is 42.7 Å². The van der Waals surface area contributed by atoms with Gasteiger partial charge in [0.2, 0.25) is 0 Å². The highest BCUT2D eigenvalue weighted by molar-refractivity contribution is 5.93. The van der Waals surface area contributed by atoms with E-state index in [0.29, 0.717) is 12.0 Å². The lowest BCUT2D eigenvalue weighted by molar-refractivity contribution is 0.0672. The van der Waals surface area contributed by atoms with Crippen molar-refractivity contribution in [2.24, 2.45) is 5.92 Å². The number of likely N-dealkylation sites (tertiary alicyclic amines) is 1. The number of piperidine rings is 1. The Morgan fingerprint density at radius 3 is 2.68 bits per heavy atom. The Bertz CT molecular complexity index is 633. The van der Waals surface area contributed by atoms with Crippen molar-refractivity contribution in [2.75, 3.05) is 13.1 Å². The zero-order chi connectivity index (χ0) is 14.9. The van der Waals surface area contributed by atoms with Crippen molar-refractivity contribution in [1.82, 2.24) is 19.0 Å². The van der Waals surface area contributed by atoms with E-state index in [1.165, 1.54) is 12.8 Å². The van der Waals surface area contributed by atoms with Crippen LogP contribution in [0.4, 0.5) is 0 Å². The summed E-state index contributed by atoms with van der Waals surface area (Å²) in [5, 5.41) is 0. The van der Waals surface area contributed by atoms with E-state index < -0.39 is 0 Å². The summed E-state index contributed by atoms with van der Waals surface area (Å²) >= 11 is 0. The van der Waals surface area contributed by atoms with Crippen LogP contribution in [0.2, 0.25) is 0 Å². The van der Waals surface area contributed by atoms with Crippen molar-refractivity contribution in [1.29, 1.82) is 0 Å². The first-order chi connectivity index (χ1) is 10.8. The number of imidazole rings is 1. The summed E-state index contributed by atoms with van der Waals surface area (Å²) in [6.45, 7) is 2.75. The van der Waals surface area contributed by atoms with Crippen LogP contribution in [0.1, 0.15) is 42.2 Å². The highest BCUT2D eigenvalue weighted by atomic mass is 16.2. The minimum absolute atomic E-state index is 0.206. The quantitative estimate of drug-likeness (QED) is 0.870. The fourth-order valence-electron chi connectivity index (χ4n) is 3.42. The number of aromatic nitrogens is 3. The molecule has 1 saturated heterocycles. The van der Waals surface area contributed by atoms with Gasteiger partial charge < -0.3 is 14.0 Å². The van der Waals surface area contributed by atoms with Gasteiger partial charge in [0.25, 0.3) is 5.91 Å². The Morgan fingerprint density at radius 2 is 2.00 bits per heavy atom. The predicted octanol–water partition coefficient (Wildman–Crippen LogP) is 2.57.